The zero-order valence-corrected chi connectivity index (χ0v) is 18.9. The van der Waals surface area contributed by atoms with Gasteiger partial charge in [-0.3, -0.25) is 4.79 Å². The highest BCUT2D eigenvalue weighted by Gasteiger charge is 2.25. The molecule has 3 rings (SSSR count). The second-order valence-corrected chi connectivity index (χ2v) is 9.28. The number of nitrogens with one attached hydrogen (secondary N) is 1. The molecule has 0 atom stereocenters. The molecule has 1 amide bonds. The van der Waals surface area contributed by atoms with Gasteiger partial charge in [-0.2, -0.15) is 4.31 Å². The Morgan fingerprint density at radius 2 is 1.77 bits per heavy atom. The number of hydrogen-bond donors (Lipinski definition) is 1. The van der Waals surface area contributed by atoms with Gasteiger partial charge in [0.05, 0.1) is 16.5 Å². The lowest BCUT2D eigenvalue weighted by Crippen LogP contribution is -2.31. The molecule has 0 saturated carbocycles. The minimum Gasteiger partial charge on any atom is -0.486 e. The molecule has 30 heavy (non-hydrogen) atoms. The van der Waals surface area contributed by atoms with Crippen LogP contribution in [0.2, 0.25) is 10.0 Å². The largest absolute Gasteiger partial charge is 0.486 e. The number of fused-ring (bicyclic) bond motifs is 1. The van der Waals surface area contributed by atoms with Crippen LogP contribution in [0.15, 0.2) is 35.2 Å². The fourth-order valence-electron chi connectivity index (χ4n) is 3.14. The zero-order valence-electron chi connectivity index (χ0n) is 16.6. The molecule has 1 aliphatic heterocycles. The summed E-state index contributed by atoms with van der Waals surface area (Å²) < 4.78 is 37.9. The standard InChI is InChI=1S/C20H22Cl2N2O5S/c1-3-24(4-2)30(26,27)18-12-14(5-6-15(18)21)23-19(25)11-13-9-16(22)20-17(10-13)28-7-8-29-20/h5-6,9-10,12H,3-4,7-8,11H2,1-2H3,(H,23,25). The van der Waals surface area contributed by atoms with Crippen molar-refractivity contribution in [1.29, 1.82) is 0 Å². The Hall–Kier alpha value is -2.00. The third-order valence-corrected chi connectivity index (χ3v) is 7.37. The Kier molecular flexibility index (Phi) is 7.13. The molecule has 7 nitrogen and oxygen atoms in total. The van der Waals surface area contributed by atoms with E-state index in [-0.39, 0.29) is 22.2 Å². The van der Waals surface area contributed by atoms with Gasteiger partial charge in [-0.1, -0.05) is 37.0 Å². The van der Waals surface area contributed by atoms with Gasteiger partial charge in [0, 0.05) is 18.8 Å². The number of benzene rings is 2. The van der Waals surface area contributed by atoms with Crippen LogP contribution in [0.25, 0.3) is 0 Å². The number of halogens is 2. The molecule has 0 radical (unpaired) electrons. The van der Waals surface area contributed by atoms with E-state index in [2.05, 4.69) is 5.32 Å². The smallest absolute Gasteiger partial charge is 0.244 e. The first-order chi connectivity index (χ1) is 14.3. The van der Waals surface area contributed by atoms with Gasteiger partial charge in [-0.05, 0) is 35.9 Å². The van der Waals surface area contributed by atoms with Crippen molar-refractivity contribution in [2.45, 2.75) is 25.2 Å². The highest BCUT2D eigenvalue weighted by Crippen LogP contribution is 2.38. The zero-order chi connectivity index (χ0) is 21.9. The number of sulfonamides is 1. The number of ether oxygens (including phenoxy) is 2. The molecule has 1 N–H and O–H groups in total. The second-order valence-electron chi connectivity index (χ2n) is 6.56. The Balaban J connectivity index is 1.79. The number of carbonyl (C=O) groups is 1. The van der Waals surface area contributed by atoms with Gasteiger partial charge in [0.1, 0.15) is 18.1 Å². The minimum atomic E-state index is -3.76. The maximum atomic E-state index is 12.8. The molecule has 2 aromatic rings. The molecule has 0 saturated heterocycles. The summed E-state index contributed by atoms with van der Waals surface area (Å²) in [7, 11) is -3.76. The lowest BCUT2D eigenvalue weighted by molar-refractivity contribution is -0.115. The monoisotopic (exact) mass is 472 g/mol. The third kappa shape index (κ3) is 4.83. The first-order valence-electron chi connectivity index (χ1n) is 9.43. The summed E-state index contributed by atoms with van der Waals surface area (Å²) in [5.74, 6) is 0.628. The summed E-state index contributed by atoms with van der Waals surface area (Å²) in [5.41, 5.74) is 0.977. The molecular formula is C20H22Cl2N2O5S. The molecule has 10 heteroatoms. The van der Waals surface area contributed by atoms with Gasteiger partial charge in [-0.15, -0.1) is 0 Å². The number of amides is 1. The van der Waals surface area contributed by atoms with E-state index in [1.165, 1.54) is 16.4 Å². The molecule has 1 aliphatic rings. The van der Waals surface area contributed by atoms with Gasteiger partial charge >= 0.3 is 0 Å². The van der Waals surface area contributed by atoms with Gasteiger partial charge in [0.25, 0.3) is 0 Å². The van der Waals surface area contributed by atoms with E-state index in [1.807, 2.05) is 0 Å². The number of rotatable bonds is 7. The van der Waals surface area contributed by atoms with Crippen molar-refractivity contribution in [2.75, 3.05) is 31.6 Å². The van der Waals surface area contributed by atoms with Crippen LogP contribution in [0.1, 0.15) is 19.4 Å². The molecule has 0 bridgehead atoms. The average Bonchev–Trinajstić information content (AvgIpc) is 2.70. The van der Waals surface area contributed by atoms with Gasteiger partial charge in [0.2, 0.25) is 15.9 Å². The number of carbonyl (C=O) groups excluding carboxylic acids is 1. The van der Waals surface area contributed by atoms with Crippen molar-refractivity contribution in [2.24, 2.45) is 0 Å². The molecular weight excluding hydrogens is 451 g/mol. The number of anilines is 1. The first kappa shape index (κ1) is 22.7. The van der Waals surface area contributed by atoms with Crippen LogP contribution in [0.5, 0.6) is 11.5 Å². The first-order valence-corrected chi connectivity index (χ1v) is 11.6. The normalized spacial score (nSPS) is 13.4. The van der Waals surface area contributed by atoms with Crippen molar-refractivity contribution >= 4 is 44.8 Å². The van der Waals surface area contributed by atoms with E-state index in [9.17, 15) is 13.2 Å². The molecule has 0 fully saturated rings. The summed E-state index contributed by atoms with van der Waals surface area (Å²) >= 11 is 12.3. The lowest BCUT2D eigenvalue weighted by Gasteiger charge is -2.20. The van der Waals surface area contributed by atoms with Gasteiger partial charge < -0.3 is 14.8 Å². The highest BCUT2D eigenvalue weighted by atomic mass is 35.5. The van der Waals surface area contributed by atoms with E-state index in [1.54, 1.807) is 32.0 Å². The van der Waals surface area contributed by atoms with Crippen molar-refractivity contribution < 1.29 is 22.7 Å². The fourth-order valence-corrected chi connectivity index (χ4v) is 5.38. The molecule has 2 aromatic carbocycles. The summed E-state index contributed by atoms with van der Waals surface area (Å²) in [6.07, 6.45) is 0.0249. The van der Waals surface area contributed by atoms with Crippen LogP contribution in [0.3, 0.4) is 0 Å². The maximum absolute atomic E-state index is 12.8. The van der Waals surface area contributed by atoms with Crippen LogP contribution in [-0.4, -0.2) is 44.9 Å². The average molecular weight is 473 g/mol. The molecule has 0 unspecified atom stereocenters. The molecule has 0 aliphatic carbocycles. The van der Waals surface area contributed by atoms with Crippen LogP contribution < -0.4 is 14.8 Å². The van der Waals surface area contributed by atoms with E-state index in [4.69, 9.17) is 32.7 Å². The fraction of sp³-hybridized carbons (Fsp3) is 0.350. The SMILES string of the molecule is CCN(CC)S(=O)(=O)c1cc(NC(=O)Cc2cc(Cl)c3c(c2)OCCO3)ccc1Cl. The Bertz CT molecular complexity index is 1060. The van der Waals surface area contributed by atoms with Crippen LogP contribution in [-0.2, 0) is 21.2 Å². The maximum Gasteiger partial charge on any atom is 0.244 e. The molecule has 162 valence electrons. The van der Waals surface area contributed by atoms with Crippen molar-refractivity contribution in [3.05, 3.63) is 45.9 Å². The van der Waals surface area contributed by atoms with E-state index in [0.29, 0.717) is 54.1 Å². The Morgan fingerprint density at radius 1 is 1.07 bits per heavy atom. The second kappa shape index (κ2) is 9.43. The van der Waals surface area contributed by atoms with Crippen molar-refractivity contribution in [1.82, 2.24) is 4.31 Å². The van der Waals surface area contributed by atoms with Gasteiger partial charge in [-0.25, -0.2) is 8.42 Å². The minimum absolute atomic E-state index is 0.0249. The van der Waals surface area contributed by atoms with Crippen LogP contribution >= 0.6 is 23.2 Å². The Morgan fingerprint density at radius 3 is 2.47 bits per heavy atom. The van der Waals surface area contributed by atoms with Crippen LogP contribution in [0.4, 0.5) is 5.69 Å². The molecule has 0 spiro atoms. The molecule has 1 heterocycles. The highest BCUT2D eigenvalue weighted by molar-refractivity contribution is 7.89. The van der Waals surface area contributed by atoms with Crippen LogP contribution in [0, 0.1) is 0 Å². The summed E-state index contributed by atoms with van der Waals surface area (Å²) in [4.78, 5) is 12.5. The van der Waals surface area contributed by atoms with E-state index in [0.717, 1.165) is 0 Å². The van der Waals surface area contributed by atoms with E-state index < -0.39 is 10.0 Å². The van der Waals surface area contributed by atoms with Crippen molar-refractivity contribution in [3.63, 3.8) is 0 Å². The van der Waals surface area contributed by atoms with Gasteiger partial charge in [0.15, 0.2) is 11.5 Å². The summed E-state index contributed by atoms with van der Waals surface area (Å²) in [6, 6.07) is 7.72. The molecule has 0 aromatic heterocycles. The predicted octanol–water partition coefficient (Wildman–Crippen LogP) is 3.98. The lowest BCUT2D eigenvalue weighted by atomic mass is 10.1. The van der Waals surface area contributed by atoms with Crippen molar-refractivity contribution in [3.8, 4) is 11.5 Å². The third-order valence-electron chi connectivity index (χ3n) is 4.56. The summed E-state index contributed by atoms with van der Waals surface area (Å²) in [6.45, 7) is 4.96. The predicted molar refractivity (Wildman–Crippen MR) is 116 cm³/mol. The summed E-state index contributed by atoms with van der Waals surface area (Å²) in [5, 5.41) is 3.17. The number of hydrogen-bond acceptors (Lipinski definition) is 5. The number of nitrogens with zero attached hydrogens (tertiary/aromatic N) is 1. The van der Waals surface area contributed by atoms with E-state index >= 15 is 0 Å². The Labute approximate surface area is 185 Å². The topological polar surface area (TPSA) is 84.9 Å². The quantitative estimate of drug-likeness (QED) is 0.658.